The molecule has 0 aliphatic carbocycles. The number of aliphatic carboxylic acids is 1. The molecule has 3 aromatic rings. The Kier molecular flexibility index (Phi) is 3.48. The third-order valence-electron chi connectivity index (χ3n) is 2.93. The van der Waals surface area contributed by atoms with E-state index in [-0.39, 0.29) is 6.54 Å². The second kappa shape index (κ2) is 5.31. The monoisotopic (exact) mass is 322 g/mol. The van der Waals surface area contributed by atoms with Gasteiger partial charge in [0.25, 0.3) is 0 Å². The molecule has 0 unspecified atom stereocenters. The largest absolute Gasteiger partial charge is 0.480 e. The van der Waals surface area contributed by atoms with Crippen molar-refractivity contribution in [3.8, 4) is 11.4 Å². The quantitative estimate of drug-likeness (QED) is 0.801. The lowest BCUT2D eigenvalue weighted by Gasteiger charge is -2.06. The van der Waals surface area contributed by atoms with E-state index < -0.39 is 5.97 Å². The number of halogens is 2. The normalized spacial score (nSPS) is 11.0. The van der Waals surface area contributed by atoms with Crippen molar-refractivity contribution >= 4 is 40.2 Å². The fraction of sp³-hybridized carbons (Fsp3) is 0.0769. The van der Waals surface area contributed by atoms with E-state index in [1.165, 1.54) is 12.4 Å². The lowest BCUT2D eigenvalue weighted by molar-refractivity contribution is -0.137. The van der Waals surface area contributed by atoms with Crippen LogP contribution in [0, 0.1) is 0 Å². The number of carboxylic acid groups (broad SMARTS) is 1. The molecule has 0 radical (unpaired) electrons. The van der Waals surface area contributed by atoms with Crippen LogP contribution < -0.4 is 0 Å². The topological polar surface area (TPSA) is 80.9 Å². The first-order valence-corrected chi connectivity index (χ1v) is 6.66. The molecule has 106 valence electrons. The van der Waals surface area contributed by atoms with Crippen molar-refractivity contribution in [3.63, 3.8) is 0 Å². The highest BCUT2D eigenvalue weighted by molar-refractivity contribution is 6.42. The summed E-state index contributed by atoms with van der Waals surface area (Å²) in [6, 6.07) is 4.92. The van der Waals surface area contributed by atoms with Crippen LogP contribution in [0.2, 0.25) is 10.0 Å². The Morgan fingerprint density at radius 2 is 2.00 bits per heavy atom. The zero-order valence-corrected chi connectivity index (χ0v) is 12.0. The van der Waals surface area contributed by atoms with Crippen LogP contribution in [0.4, 0.5) is 0 Å². The molecule has 6 nitrogen and oxygen atoms in total. The van der Waals surface area contributed by atoms with Gasteiger partial charge >= 0.3 is 5.97 Å². The van der Waals surface area contributed by atoms with E-state index in [1.807, 2.05) is 0 Å². The molecule has 21 heavy (non-hydrogen) atoms. The minimum absolute atomic E-state index is 0.244. The number of carboxylic acids is 1. The Hall–Kier alpha value is -2.18. The Balaban J connectivity index is 2.30. The average molecular weight is 323 g/mol. The van der Waals surface area contributed by atoms with Crippen LogP contribution in [0.25, 0.3) is 22.4 Å². The van der Waals surface area contributed by atoms with Crippen LogP contribution in [-0.4, -0.2) is 30.8 Å². The van der Waals surface area contributed by atoms with Crippen LogP contribution in [0.3, 0.4) is 0 Å². The Labute approximate surface area is 129 Å². The summed E-state index contributed by atoms with van der Waals surface area (Å²) in [5, 5.41) is 17.3. The van der Waals surface area contributed by atoms with Crippen molar-refractivity contribution in [3.05, 3.63) is 40.6 Å². The van der Waals surface area contributed by atoms with Crippen molar-refractivity contribution in [1.29, 1.82) is 0 Å². The molecule has 0 fully saturated rings. The van der Waals surface area contributed by atoms with Crippen LogP contribution in [0.1, 0.15) is 0 Å². The number of fused-ring (bicyclic) bond motifs is 1. The lowest BCUT2D eigenvalue weighted by atomic mass is 10.3. The predicted molar refractivity (Wildman–Crippen MR) is 78.4 cm³/mol. The van der Waals surface area contributed by atoms with E-state index in [9.17, 15) is 4.79 Å². The average Bonchev–Trinajstić information content (AvgIpc) is 2.78. The minimum atomic E-state index is -0.983. The first-order chi connectivity index (χ1) is 10.1. The molecule has 0 spiro atoms. The molecule has 3 rings (SSSR count). The Bertz CT molecular complexity index is 833. The second-order valence-corrected chi connectivity index (χ2v) is 5.12. The summed E-state index contributed by atoms with van der Waals surface area (Å²) in [4.78, 5) is 15.5. The molecule has 2 heterocycles. The Morgan fingerprint density at radius 1 is 1.24 bits per heavy atom. The van der Waals surface area contributed by atoms with Crippen molar-refractivity contribution in [1.82, 2.24) is 19.7 Å². The number of hydrogen-bond acceptors (Lipinski definition) is 4. The van der Waals surface area contributed by atoms with Gasteiger partial charge in [0.15, 0.2) is 0 Å². The molecule has 0 amide bonds. The molecule has 1 aromatic carbocycles. The zero-order valence-electron chi connectivity index (χ0n) is 10.5. The molecule has 0 saturated carbocycles. The van der Waals surface area contributed by atoms with Crippen LogP contribution in [0.5, 0.6) is 0 Å². The summed E-state index contributed by atoms with van der Waals surface area (Å²) in [5.74, 6) is -0.510. The van der Waals surface area contributed by atoms with E-state index in [4.69, 9.17) is 28.3 Å². The van der Waals surface area contributed by atoms with Gasteiger partial charge in [0.05, 0.1) is 33.5 Å². The van der Waals surface area contributed by atoms with Crippen LogP contribution >= 0.6 is 23.2 Å². The first-order valence-electron chi connectivity index (χ1n) is 5.90. The van der Waals surface area contributed by atoms with Gasteiger partial charge < -0.3 is 9.67 Å². The van der Waals surface area contributed by atoms with Gasteiger partial charge in [0.1, 0.15) is 12.4 Å². The highest BCUT2D eigenvalue weighted by Crippen LogP contribution is 2.31. The van der Waals surface area contributed by atoms with Crippen LogP contribution in [0.15, 0.2) is 30.6 Å². The highest BCUT2D eigenvalue weighted by atomic mass is 35.5. The predicted octanol–water partition coefficient (Wildman–Crippen LogP) is 2.88. The smallest absolute Gasteiger partial charge is 0.323 e. The molecular formula is C13H8Cl2N4O2. The first kappa shape index (κ1) is 13.8. The molecule has 8 heteroatoms. The third-order valence-corrected chi connectivity index (χ3v) is 3.65. The van der Waals surface area contributed by atoms with Gasteiger partial charge in [-0.2, -0.15) is 10.2 Å². The van der Waals surface area contributed by atoms with Gasteiger partial charge in [-0.3, -0.25) is 4.79 Å². The van der Waals surface area contributed by atoms with Gasteiger partial charge in [-0.25, -0.2) is 4.98 Å². The summed E-state index contributed by atoms with van der Waals surface area (Å²) in [6.45, 7) is -0.244. The number of aromatic nitrogens is 4. The molecule has 0 bridgehead atoms. The second-order valence-electron chi connectivity index (χ2n) is 4.30. The maximum absolute atomic E-state index is 11.1. The number of benzene rings is 1. The van der Waals surface area contributed by atoms with Crippen LogP contribution in [-0.2, 0) is 11.3 Å². The van der Waals surface area contributed by atoms with E-state index in [0.29, 0.717) is 32.5 Å². The minimum Gasteiger partial charge on any atom is -0.480 e. The molecule has 2 aromatic heterocycles. The van der Waals surface area contributed by atoms with Crippen molar-refractivity contribution < 1.29 is 9.90 Å². The summed E-state index contributed by atoms with van der Waals surface area (Å²) >= 11 is 12.0. The summed E-state index contributed by atoms with van der Waals surface area (Å²) in [7, 11) is 0. The maximum atomic E-state index is 11.1. The van der Waals surface area contributed by atoms with E-state index in [1.54, 1.807) is 22.8 Å². The highest BCUT2D eigenvalue weighted by Gasteiger charge is 2.16. The van der Waals surface area contributed by atoms with Gasteiger partial charge in [-0.05, 0) is 18.2 Å². The number of carbonyl (C=O) groups is 1. The number of nitrogens with zero attached hydrogens (tertiary/aromatic N) is 4. The van der Waals surface area contributed by atoms with Crippen molar-refractivity contribution in [2.45, 2.75) is 6.54 Å². The molecule has 1 N–H and O–H groups in total. The summed E-state index contributed by atoms with van der Waals surface area (Å²) in [6.07, 6.45) is 3.03. The molecule has 0 aliphatic rings. The molecule has 0 atom stereocenters. The fourth-order valence-electron chi connectivity index (χ4n) is 2.06. The SMILES string of the molecule is O=C(O)Cn1c(-c2ccnnc2)nc2cc(Cl)c(Cl)cc21. The lowest BCUT2D eigenvalue weighted by Crippen LogP contribution is -2.10. The summed E-state index contributed by atoms with van der Waals surface area (Å²) in [5.41, 5.74) is 1.82. The van der Waals surface area contributed by atoms with Gasteiger partial charge in [-0.1, -0.05) is 23.2 Å². The third kappa shape index (κ3) is 2.55. The fourth-order valence-corrected chi connectivity index (χ4v) is 2.37. The van der Waals surface area contributed by atoms with E-state index in [2.05, 4.69) is 15.2 Å². The molecular weight excluding hydrogens is 315 g/mol. The number of imidazole rings is 1. The molecule has 0 saturated heterocycles. The van der Waals surface area contributed by atoms with E-state index >= 15 is 0 Å². The van der Waals surface area contributed by atoms with Crippen molar-refractivity contribution in [2.24, 2.45) is 0 Å². The standard InChI is InChI=1S/C13H8Cl2N4O2/c14-8-3-10-11(4-9(8)15)19(6-12(20)21)13(18-10)7-1-2-16-17-5-7/h1-5H,6H2,(H,20,21). The van der Waals surface area contributed by atoms with Gasteiger partial charge in [-0.15, -0.1) is 0 Å². The number of hydrogen-bond donors (Lipinski definition) is 1. The maximum Gasteiger partial charge on any atom is 0.323 e. The van der Waals surface area contributed by atoms with Crippen molar-refractivity contribution in [2.75, 3.05) is 0 Å². The number of rotatable bonds is 3. The van der Waals surface area contributed by atoms with Gasteiger partial charge in [0.2, 0.25) is 0 Å². The Morgan fingerprint density at radius 3 is 2.67 bits per heavy atom. The zero-order chi connectivity index (χ0) is 15.0. The van der Waals surface area contributed by atoms with E-state index in [0.717, 1.165) is 0 Å². The summed E-state index contributed by atoms with van der Waals surface area (Å²) < 4.78 is 1.55. The van der Waals surface area contributed by atoms with Gasteiger partial charge in [0, 0.05) is 5.56 Å². The molecule has 0 aliphatic heterocycles.